The molecule has 1 heterocycles. The Bertz CT molecular complexity index is 790. The zero-order chi connectivity index (χ0) is 19.9. The number of ether oxygens (including phenoxy) is 4. The fraction of sp³-hybridized carbons (Fsp3) is 0.478. The lowest BCUT2D eigenvalue weighted by Crippen LogP contribution is -2.87. The molecule has 0 radical (unpaired) electrons. The summed E-state index contributed by atoms with van der Waals surface area (Å²) in [6.45, 7) is 11.5. The molecule has 5 nitrogen and oxygen atoms in total. The first kappa shape index (κ1) is 20.3. The molecule has 0 bridgehead atoms. The van der Waals surface area contributed by atoms with E-state index in [1.807, 2.05) is 33.8 Å². The van der Waals surface area contributed by atoms with Crippen LogP contribution in [0.5, 0.6) is 23.0 Å². The molecule has 28 heavy (non-hydrogen) atoms. The van der Waals surface area contributed by atoms with E-state index >= 15 is 0 Å². The topological polar surface area (TPSA) is 53.5 Å². The highest BCUT2D eigenvalue weighted by Gasteiger charge is 2.28. The molecule has 2 aromatic rings. The van der Waals surface area contributed by atoms with Crippen LogP contribution in [0.4, 0.5) is 0 Å². The predicted octanol–water partition coefficient (Wildman–Crippen LogP) is 3.49. The molecule has 5 heteroatoms. The van der Waals surface area contributed by atoms with E-state index in [2.05, 4.69) is 29.6 Å². The van der Waals surface area contributed by atoms with E-state index in [4.69, 9.17) is 18.9 Å². The van der Waals surface area contributed by atoms with Gasteiger partial charge in [0.1, 0.15) is 6.04 Å². The summed E-state index contributed by atoms with van der Waals surface area (Å²) in [4.78, 5) is 0. The van der Waals surface area contributed by atoms with Gasteiger partial charge in [0, 0.05) is 17.5 Å². The molecule has 2 N–H and O–H groups in total. The summed E-state index contributed by atoms with van der Waals surface area (Å²) in [5.41, 5.74) is 3.82. The summed E-state index contributed by atoms with van der Waals surface area (Å²) in [5.74, 6) is 3.26. The number of fused-ring (bicyclic) bond motifs is 1. The normalized spacial score (nSPS) is 15.6. The van der Waals surface area contributed by atoms with Crippen molar-refractivity contribution in [3.05, 3.63) is 47.0 Å². The molecule has 0 aliphatic carbocycles. The minimum Gasteiger partial charge on any atom is -0.490 e. The summed E-state index contributed by atoms with van der Waals surface area (Å²) >= 11 is 0. The van der Waals surface area contributed by atoms with E-state index < -0.39 is 0 Å². The van der Waals surface area contributed by atoms with Gasteiger partial charge in [0.15, 0.2) is 23.0 Å². The Kier molecular flexibility index (Phi) is 7.04. The molecule has 1 aliphatic heterocycles. The van der Waals surface area contributed by atoms with E-state index in [0.717, 1.165) is 36.0 Å². The Hall–Kier alpha value is -2.40. The van der Waals surface area contributed by atoms with Gasteiger partial charge < -0.3 is 24.3 Å². The van der Waals surface area contributed by atoms with E-state index in [1.54, 1.807) is 0 Å². The van der Waals surface area contributed by atoms with Crippen LogP contribution in [0.2, 0.25) is 0 Å². The van der Waals surface area contributed by atoms with Gasteiger partial charge in [-0.25, -0.2) is 0 Å². The van der Waals surface area contributed by atoms with Crippen molar-refractivity contribution in [3.8, 4) is 23.0 Å². The first-order valence-corrected chi connectivity index (χ1v) is 10.4. The van der Waals surface area contributed by atoms with E-state index in [1.165, 1.54) is 16.7 Å². The van der Waals surface area contributed by atoms with Crippen LogP contribution < -0.4 is 24.3 Å². The van der Waals surface area contributed by atoms with Crippen LogP contribution in [0.3, 0.4) is 0 Å². The Morgan fingerprint density at radius 3 is 1.96 bits per heavy atom. The van der Waals surface area contributed by atoms with Gasteiger partial charge in [-0.1, -0.05) is 0 Å². The first-order valence-electron chi connectivity index (χ1n) is 10.4. The van der Waals surface area contributed by atoms with Crippen LogP contribution >= 0.6 is 0 Å². The van der Waals surface area contributed by atoms with Crippen molar-refractivity contribution in [2.24, 2.45) is 0 Å². The maximum Gasteiger partial charge on any atom is 0.161 e. The largest absolute Gasteiger partial charge is 0.490 e. The summed E-state index contributed by atoms with van der Waals surface area (Å²) in [5, 5.41) is 2.38. The molecule has 0 saturated heterocycles. The van der Waals surface area contributed by atoms with Crippen LogP contribution in [-0.2, 0) is 6.42 Å². The number of benzene rings is 2. The molecule has 0 fully saturated rings. The summed E-state index contributed by atoms with van der Waals surface area (Å²) < 4.78 is 23.3. The highest BCUT2D eigenvalue weighted by Crippen LogP contribution is 2.38. The van der Waals surface area contributed by atoms with Gasteiger partial charge in [0.05, 0.1) is 33.0 Å². The van der Waals surface area contributed by atoms with Crippen molar-refractivity contribution < 1.29 is 24.3 Å². The van der Waals surface area contributed by atoms with Gasteiger partial charge in [-0.15, -0.1) is 0 Å². The van der Waals surface area contributed by atoms with Crippen molar-refractivity contribution >= 4 is 0 Å². The SMILES string of the molecule is CCOc1ccc([C@@H]2[NH2+]CCc3cc(OCC)c(OCC)cc32)cc1OCC. The second kappa shape index (κ2) is 9.69. The smallest absolute Gasteiger partial charge is 0.161 e. The third kappa shape index (κ3) is 4.36. The van der Waals surface area contributed by atoms with Crippen LogP contribution in [0, 0.1) is 0 Å². The minimum absolute atomic E-state index is 0.202. The molecule has 1 aliphatic rings. The lowest BCUT2D eigenvalue weighted by molar-refractivity contribution is -0.690. The van der Waals surface area contributed by atoms with Crippen LogP contribution in [0.15, 0.2) is 30.3 Å². The molecule has 0 saturated carbocycles. The van der Waals surface area contributed by atoms with Crippen molar-refractivity contribution in [2.75, 3.05) is 33.0 Å². The van der Waals surface area contributed by atoms with Crippen molar-refractivity contribution in [1.29, 1.82) is 0 Å². The van der Waals surface area contributed by atoms with Crippen LogP contribution in [0.25, 0.3) is 0 Å². The first-order chi connectivity index (χ1) is 13.7. The standard InChI is InChI=1S/C23H31NO4/c1-5-25-19-10-9-17(14-20(19)26-6-2)23-18-15-22(28-8-4)21(27-7-3)13-16(18)11-12-24-23/h9-10,13-15,23-24H,5-8,11-12H2,1-4H3/p+1/t23-/m0/s1. The molecule has 152 valence electrons. The lowest BCUT2D eigenvalue weighted by Gasteiger charge is -2.26. The zero-order valence-electron chi connectivity index (χ0n) is 17.4. The number of hydrogen-bond donors (Lipinski definition) is 1. The van der Waals surface area contributed by atoms with Crippen molar-refractivity contribution in [1.82, 2.24) is 0 Å². The lowest BCUT2D eigenvalue weighted by atomic mass is 9.89. The van der Waals surface area contributed by atoms with E-state index in [-0.39, 0.29) is 6.04 Å². The summed E-state index contributed by atoms with van der Waals surface area (Å²) in [6, 6.07) is 10.8. The predicted molar refractivity (Wildman–Crippen MR) is 110 cm³/mol. The second-order valence-electron chi connectivity index (χ2n) is 6.69. The molecule has 1 atom stereocenters. The average Bonchev–Trinajstić information content (AvgIpc) is 2.70. The van der Waals surface area contributed by atoms with Crippen LogP contribution in [0.1, 0.15) is 50.4 Å². The highest BCUT2D eigenvalue weighted by molar-refractivity contribution is 5.52. The second-order valence-corrected chi connectivity index (χ2v) is 6.69. The third-order valence-corrected chi connectivity index (χ3v) is 4.88. The highest BCUT2D eigenvalue weighted by atomic mass is 16.5. The molecule has 0 aromatic heterocycles. The third-order valence-electron chi connectivity index (χ3n) is 4.88. The Balaban J connectivity index is 2.01. The molecule has 0 spiro atoms. The maximum atomic E-state index is 5.87. The maximum absolute atomic E-state index is 5.87. The van der Waals surface area contributed by atoms with Gasteiger partial charge in [0.2, 0.25) is 0 Å². The quantitative estimate of drug-likeness (QED) is 0.717. The summed E-state index contributed by atoms with van der Waals surface area (Å²) in [7, 11) is 0. The van der Waals surface area contributed by atoms with Gasteiger partial charge in [0.25, 0.3) is 0 Å². The van der Waals surface area contributed by atoms with Gasteiger partial charge in [-0.2, -0.15) is 0 Å². The number of quaternary nitrogens is 1. The monoisotopic (exact) mass is 386 g/mol. The fourth-order valence-corrected chi connectivity index (χ4v) is 3.77. The zero-order valence-corrected chi connectivity index (χ0v) is 17.4. The number of hydrogen-bond acceptors (Lipinski definition) is 4. The molecule has 2 aromatic carbocycles. The van der Waals surface area contributed by atoms with Crippen molar-refractivity contribution in [2.45, 2.75) is 40.2 Å². The molecule has 0 amide bonds. The van der Waals surface area contributed by atoms with E-state index in [9.17, 15) is 0 Å². The van der Waals surface area contributed by atoms with Gasteiger partial charge in [-0.05, 0) is 63.6 Å². The molecular formula is C23H32NO4+. The number of nitrogens with two attached hydrogens (primary N) is 1. The molecular weight excluding hydrogens is 354 g/mol. The fourth-order valence-electron chi connectivity index (χ4n) is 3.77. The Morgan fingerprint density at radius 1 is 0.750 bits per heavy atom. The molecule has 3 rings (SSSR count). The Morgan fingerprint density at radius 2 is 1.32 bits per heavy atom. The Labute approximate surface area is 168 Å². The minimum atomic E-state index is 0.202. The van der Waals surface area contributed by atoms with E-state index in [0.29, 0.717) is 26.4 Å². The van der Waals surface area contributed by atoms with Crippen LogP contribution in [-0.4, -0.2) is 33.0 Å². The summed E-state index contributed by atoms with van der Waals surface area (Å²) in [6.07, 6.45) is 1.02. The average molecular weight is 387 g/mol. The molecule has 0 unspecified atom stereocenters. The van der Waals surface area contributed by atoms with Crippen molar-refractivity contribution in [3.63, 3.8) is 0 Å². The van der Waals surface area contributed by atoms with Gasteiger partial charge >= 0.3 is 0 Å². The van der Waals surface area contributed by atoms with Gasteiger partial charge in [-0.3, -0.25) is 0 Å². The number of rotatable bonds is 9.